The fourth-order valence-corrected chi connectivity index (χ4v) is 2.40. The van der Waals surface area contributed by atoms with E-state index in [2.05, 4.69) is 12.2 Å². The molecule has 1 heteroatoms. The Kier molecular flexibility index (Phi) is 1.80. The maximum atomic E-state index is 10.7. The Balaban J connectivity index is 2.14. The van der Waals surface area contributed by atoms with E-state index in [1.54, 1.807) is 0 Å². The molecule has 0 unspecified atom stereocenters. The van der Waals surface area contributed by atoms with Crippen LogP contribution in [0.25, 0.3) is 0 Å². The average molecular weight is 150 g/mol. The van der Waals surface area contributed by atoms with Gasteiger partial charge in [-0.3, -0.25) is 0 Å². The Morgan fingerprint density at radius 2 is 2.27 bits per heavy atom. The van der Waals surface area contributed by atoms with Gasteiger partial charge in [0, 0.05) is 5.92 Å². The van der Waals surface area contributed by atoms with Gasteiger partial charge in [0.15, 0.2) is 0 Å². The molecule has 2 bridgehead atoms. The summed E-state index contributed by atoms with van der Waals surface area (Å²) in [7, 11) is 0. The maximum Gasteiger partial charge on any atom is 0.123 e. The van der Waals surface area contributed by atoms with E-state index in [9.17, 15) is 4.79 Å². The fourth-order valence-electron chi connectivity index (χ4n) is 2.40. The number of fused-ring (bicyclic) bond motifs is 2. The van der Waals surface area contributed by atoms with E-state index in [4.69, 9.17) is 0 Å². The van der Waals surface area contributed by atoms with Crippen LogP contribution >= 0.6 is 0 Å². The Labute approximate surface area is 67.5 Å². The second-order valence-electron chi connectivity index (χ2n) is 3.80. The first-order valence-electron chi connectivity index (χ1n) is 4.52. The standard InChI is InChI=1S/C10H14O/c11-7-10-3-1-2-8-4-5-9(10)6-8/h1-2,7-10H,3-6H2/t8-,9-,10+/m1/s1. The van der Waals surface area contributed by atoms with Crippen LogP contribution < -0.4 is 0 Å². The van der Waals surface area contributed by atoms with Gasteiger partial charge in [-0.15, -0.1) is 0 Å². The average Bonchev–Trinajstić information content (AvgIpc) is 2.33. The summed E-state index contributed by atoms with van der Waals surface area (Å²) in [5.74, 6) is 1.83. The summed E-state index contributed by atoms with van der Waals surface area (Å²) in [6.07, 6.45) is 10.5. The minimum Gasteiger partial charge on any atom is -0.303 e. The van der Waals surface area contributed by atoms with Gasteiger partial charge in [0.05, 0.1) is 0 Å². The Morgan fingerprint density at radius 1 is 1.36 bits per heavy atom. The third-order valence-corrected chi connectivity index (χ3v) is 3.11. The molecule has 3 atom stereocenters. The summed E-state index contributed by atoms with van der Waals surface area (Å²) >= 11 is 0. The minimum atomic E-state index is 0.332. The molecule has 1 nitrogen and oxygen atoms in total. The third kappa shape index (κ3) is 1.24. The van der Waals surface area contributed by atoms with Crippen LogP contribution in [-0.2, 0) is 4.79 Å². The van der Waals surface area contributed by atoms with Crippen LogP contribution in [0.3, 0.4) is 0 Å². The summed E-state index contributed by atoms with van der Waals surface area (Å²) in [5, 5.41) is 0. The zero-order valence-corrected chi connectivity index (χ0v) is 6.70. The van der Waals surface area contributed by atoms with Crippen molar-refractivity contribution < 1.29 is 4.79 Å². The summed E-state index contributed by atoms with van der Waals surface area (Å²) < 4.78 is 0. The highest BCUT2D eigenvalue weighted by atomic mass is 16.1. The molecule has 2 aliphatic rings. The number of allylic oxidation sites excluding steroid dienone is 2. The highest BCUT2D eigenvalue weighted by molar-refractivity contribution is 5.54. The number of aldehydes is 1. The van der Waals surface area contributed by atoms with Crippen LogP contribution in [0, 0.1) is 17.8 Å². The molecule has 11 heavy (non-hydrogen) atoms. The van der Waals surface area contributed by atoms with Gasteiger partial charge in [-0.1, -0.05) is 12.2 Å². The van der Waals surface area contributed by atoms with E-state index in [1.165, 1.54) is 19.3 Å². The molecule has 0 amide bonds. The van der Waals surface area contributed by atoms with Crippen LogP contribution in [-0.4, -0.2) is 6.29 Å². The number of hydrogen-bond acceptors (Lipinski definition) is 1. The smallest absolute Gasteiger partial charge is 0.123 e. The topological polar surface area (TPSA) is 17.1 Å². The lowest BCUT2D eigenvalue weighted by molar-refractivity contribution is -0.112. The van der Waals surface area contributed by atoms with Crippen molar-refractivity contribution in [3.8, 4) is 0 Å². The second-order valence-corrected chi connectivity index (χ2v) is 3.80. The van der Waals surface area contributed by atoms with E-state index < -0.39 is 0 Å². The van der Waals surface area contributed by atoms with Gasteiger partial charge < -0.3 is 4.79 Å². The van der Waals surface area contributed by atoms with E-state index in [0.29, 0.717) is 11.8 Å². The first kappa shape index (κ1) is 7.08. The molecule has 0 saturated heterocycles. The Bertz CT molecular complexity index is 183. The van der Waals surface area contributed by atoms with Crippen molar-refractivity contribution in [1.29, 1.82) is 0 Å². The normalized spacial score (nSPS) is 42.0. The molecule has 0 aliphatic heterocycles. The summed E-state index contributed by atoms with van der Waals surface area (Å²) in [4.78, 5) is 10.7. The predicted molar refractivity (Wildman–Crippen MR) is 44.1 cm³/mol. The van der Waals surface area contributed by atoms with E-state index in [-0.39, 0.29) is 0 Å². The predicted octanol–water partition coefficient (Wildman–Crippen LogP) is 2.18. The van der Waals surface area contributed by atoms with Gasteiger partial charge >= 0.3 is 0 Å². The van der Waals surface area contributed by atoms with E-state index >= 15 is 0 Å². The molecule has 1 fully saturated rings. The van der Waals surface area contributed by atoms with Crippen LogP contribution in [0.4, 0.5) is 0 Å². The molecule has 0 heterocycles. The molecule has 0 aromatic heterocycles. The van der Waals surface area contributed by atoms with Crippen molar-refractivity contribution in [3.63, 3.8) is 0 Å². The van der Waals surface area contributed by atoms with Gasteiger partial charge in [-0.25, -0.2) is 0 Å². The Hall–Kier alpha value is -0.590. The molecule has 0 aromatic carbocycles. The molecular formula is C10H14O. The zero-order valence-electron chi connectivity index (χ0n) is 6.70. The van der Waals surface area contributed by atoms with Crippen molar-refractivity contribution >= 4 is 6.29 Å². The third-order valence-electron chi connectivity index (χ3n) is 3.11. The van der Waals surface area contributed by atoms with Crippen LogP contribution in [0.15, 0.2) is 12.2 Å². The van der Waals surface area contributed by atoms with Crippen LogP contribution in [0.1, 0.15) is 25.7 Å². The SMILES string of the molecule is O=C[C@@H]1CC=C[C@@H]2CC[C@@H]1C2. The summed E-state index contributed by atoms with van der Waals surface area (Å²) in [6.45, 7) is 0. The number of carbonyl (C=O) groups excluding carboxylic acids is 1. The van der Waals surface area contributed by atoms with Gasteiger partial charge in [-0.05, 0) is 37.5 Å². The molecule has 0 radical (unpaired) electrons. The number of rotatable bonds is 1. The molecule has 0 aromatic rings. The molecule has 60 valence electrons. The highest BCUT2D eigenvalue weighted by Crippen LogP contribution is 2.39. The van der Waals surface area contributed by atoms with Gasteiger partial charge in [0.2, 0.25) is 0 Å². The summed E-state index contributed by atoms with van der Waals surface area (Å²) in [6, 6.07) is 0. The minimum absolute atomic E-state index is 0.332. The summed E-state index contributed by atoms with van der Waals surface area (Å²) in [5.41, 5.74) is 0. The van der Waals surface area contributed by atoms with Crippen LogP contribution in [0.5, 0.6) is 0 Å². The van der Waals surface area contributed by atoms with Gasteiger partial charge in [0.1, 0.15) is 6.29 Å². The molecule has 0 N–H and O–H groups in total. The Morgan fingerprint density at radius 3 is 3.09 bits per heavy atom. The maximum absolute atomic E-state index is 10.7. The molecular weight excluding hydrogens is 136 g/mol. The first-order valence-corrected chi connectivity index (χ1v) is 4.52. The van der Waals surface area contributed by atoms with E-state index in [0.717, 1.165) is 18.6 Å². The second kappa shape index (κ2) is 2.80. The quantitative estimate of drug-likeness (QED) is 0.413. The lowest BCUT2D eigenvalue weighted by atomic mass is 9.90. The van der Waals surface area contributed by atoms with E-state index in [1.807, 2.05) is 0 Å². The molecule has 1 saturated carbocycles. The monoisotopic (exact) mass is 150 g/mol. The first-order chi connectivity index (χ1) is 5.40. The molecule has 0 spiro atoms. The van der Waals surface area contributed by atoms with Crippen molar-refractivity contribution in [3.05, 3.63) is 12.2 Å². The van der Waals surface area contributed by atoms with Crippen molar-refractivity contribution in [2.75, 3.05) is 0 Å². The highest BCUT2D eigenvalue weighted by Gasteiger charge is 2.30. The zero-order chi connectivity index (χ0) is 7.68. The number of carbonyl (C=O) groups is 1. The lowest BCUT2D eigenvalue weighted by Crippen LogP contribution is -2.11. The lowest BCUT2D eigenvalue weighted by Gasteiger charge is -2.13. The van der Waals surface area contributed by atoms with Crippen molar-refractivity contribution in [2.45, 2.75) is 25.7 Å². The largest absolute Gasteiger partial charge is 0.303 e. The molecule has 2 aliphatic carbocycles. The number of hydrogen-bond donors (Lipinski definition) is 0. The van der Waals surface area contributed by atoms with Crippen molar-refractivity contribution in [1.82, 2.24) is 0 Å². The van der Waals surface area contributed by atoms with Gasteiger partial charge in [-0.2, -0.15) is 0 Å². The van der Waals surface area contributed by atoms with Crippen molar-refractivity contribution in [2.24, 2.45) is 17.8 Å². The fraction of sp³-hybridized carbons (Fsp3) is 0.700. The van der Waals surface area contributed by atoms with Gasteiger partial charge in [0.25, 0.3) is 0 Å². The molecule has 2 rings (SSSR count). The van der Waals surface area contributed by atoms with Crippen LogP contribution in [0.2, 0.25) is 0 Å².